The molecule has 0 amide bonds. The number of methoxy groups -OCH3 is 1. The highest BCUT2D eigenvalue weighted by Gasteiger charge is 2.04. The molecule has 0 aromatic heterocycles. The van der Waals surface area contributed by atoms with Crippen LogP contribution in [0.2, 0.25) is 0 Å². The highest BCUT2D eigenvalue weighted by molar-refractivity contribution is 6.25. The molecule has 0 aliphatic heterocycles. The summed E-state index contributed by atoms with van der Waals surface area (Å²) < 4.78 is 10.8. The molecule has 1 rings (SSSR count). The first-order valence-electron chi connectivity index (χ1n) is 6.35. The second kappa shape index (κ2) is 8.97. The molecule has 3 nitrogen and oxygen atoms in total. The highest BCUT2D eigenvalue weighted by atomic mass is 35.5. The van der Waals surface area contributed by atoms with E-state index in [2.05, 4.69) is 18.3 Å². The summed E-state index contributed by atoms with van der Waals surface area (Å²) in [4.78, 5) is 0. The van der Waals surface area contributed by atoms with E-state index in [0.717, 1.165) is 30.0 Å². The zero-order valence-corrected chi connectivity index (χ0v) is 12.6. The molecular formula is C15H22ClNO2. The van der Waals surface area contributed by atoms with Gasteiger partial charge in [-0.25, -0.2) is 0 Å². The molecule has 0 aliphatic rings. The van der Waals surface area contributed by atoms with Crippen LogP contribution in [-0.4, -0.2) is 26.9 Å². The lowest BCUT2D eigenvalue weighted by Crippen LogP contribution is -2.19. The Balaban J connectivity index is 2.63. The van der Waals surface area contributed by atoms with E-state index in [1.165, 1.54) is 5.56 Å². The van der Waals surface area contributed by atoms with Gasteiger partial charge < -0.3 is 14.8 Å². The number of benzene rings is 1. The number of rotatable bonds is 8. The third kappa shape index (κ3) is 6.10. The highest BCUT2D eigenvalue weighted by Crippen LogP contribution is 2.20. The summed E-state index contributed by atoms with van der Waals surface area (Å²) >= 11 is 5.63. The first-order valence-corrected chi connectivity index (χ1v) is 6.79. The predicted molar refractivity (Wildman–Crippen MR) is 79.9 cm³/mol. The van der Waals surface area contributed by atoms with Crippen LogP contribution in [0.5, 0.6) is 5.75 Å². The minimum Gasteiger partial charge on any atom is -0.489 e. The maximum Gasteiger partial charge on any atom is 0.124 e. The van der Waals surface area contributed by atoms with E-state index >= 15 is 0 Å². The molecule has 0 spiro atoms. The van der Waals surface area contributed by atoms with Gasteiger partial charge in [0.25, 0.3) is 0 Å². The quantitative estimate of drug-likeness (QED) is 0.743. The molecular weight excluding hydrogens is 262 g/mol. The SMILES string of the molecule is COCCNCc1cc(C)ccc1OC/C(C)=C/Cl. The first kappa shape index (κ1) is 16.0. The number of hydrogen-bond donors (Lipinski definition) is 1. The van der Waals surface area contributed by atoms with E-state index in [-0.39, 0.29) is 0 Å². The van der Waals surface area contributed by atoms with Crippen molar-refractivity contribution in [3.63, 3.8) is 0 Å². The Labute approximate surface area is 120 Å². The van der Waals surface area contributed by atoms with Gasteiger partial charge in [0.2, 0.25) is 0 Å². The molecule has 1 aromatic carbocycles. The molecule has 0 heterocycles. The van der Waals surface area contributed by atoms with E-state index in [9.17, 15) is 0 Å². The van der Waals surface area contributed by atoms with E-state index in [1.54, 1.807) is 12.6 Å². The van der Waals surface area contributed by atoms with Crippen LogP contribution in [0, 0.1) is 6.92 Å². The molecule has 0 fully saturated rings. The van der Waals surface area contributed by atoms with Crippen LogP contribution < -0.4 is 10.1 Å². The van der Waals surface area contributed by atoms with Crippen molar-refractivity contribution < 1.29 is 9.47 Å². The minimum absolute atomic E-state index is 0.512. The van der Waals surface area contributed by atoms with Gasteiger partial charge in [-0.2, -0.15) is 0 Å². The van der Waals surface area contributed by atoms with Crippen molar-refractivity contribution in [3.05, 3.63) is 40.4 Å². The van der Waals surface area contributed by atoms with Gasteiger partial charge in [-0.05, 0) is 25.5 Å². The van der Waals surface area contributed by atoms with E-state index < -0.39 is 0 Å². The van der Waals surface area contributed by atoms with Crippen LogP contribution >= 0.6 is 11.6 Å². The molecule has 0 radical (unpaired) electrons. The molecule has 4 heteroatoms. The average molecular weight is 284 g/mol. The fraction of sp³-hybridized carbons (Fsp3) is 0.467. The first-order chi connectivity index (χ1) is 9.17. The standard InChI is InChI=1S/C15H22ClNO2/c1-12-4-5-15(19-11-13(2)9-16)14(8-12)10-17-6-7-18-3/h4-5,8-9,17H,6-7,10-11H2,1-3H3/b13-9+. The van der Waals surface area contributed by atoms with Crippen molar-refractivity contribution in [1.29, 1.82) is 0 Å². The van der Waals surface area contributed by atoms with Crippen molar-refractivity contribution in [2.75, 3.05) is 26.9 Å². The maximum absolute atomic E-state index is 5.78. The molecule has 0 atom stereocenters. The zero-order valence-electron chi connectivity index (χ0n) is 11.8. The lowest BCUT2D eigenvalue weighted by Gasteiger charge is -2.13. The summed E-state index contributed by atoms with van der Waals surface area (Å²) in [7, 11) is 1.70. The summed E-state index contributed by atoms with van der Waals surface area (Å²) in [5.41, 5.74) is 4.92. The van der Waals surface area contributed by atoms with Crippen LogP contribution in [0.1, 0.15) is 18.1 Å². The molecule has 0 aliphatic carbocycles. The topological polar surface area (TPSA) is 30.5 Å². The largest absolute Gasteiger partial charge is 0.489 e. The normalized spacial score (nSPS) is 11.7. The smallest absolute Gasteiger partial charge is 0.124 e. The van der Waals surface area contributed by atoms with Crippen LogP contribution in [0.4, 0.5) is 0 Å². The predicted octanol–water partition coefficient (Wildman–Crippen LogP) is 3.25. The summed E-state index contributed by atoms with van der Waals surface area (Å²) in [6, 6.07) is 6.19. The van der Waals surface area contributed by atoms with Crippen molar-refractivity contribution in [2.24, 2.45) is 0 Å². The summed E-state index contributed by atoms with van der Waals surface area (Å²) in [6.07, 6.45) is 0. The third-order valence-corrected chi connectivity index (χ3v) is 3.03. The van der Waals surface area contributed by atoms with Gasteiger partial charge in [-0.3, -0.25) is 0 Å². The number of hydrogen-bond acceptors (Lipinski definition) is 3. The van der Waals surface area contributed by atoms with Crippen molar-refractivity contribution >= 4 is 11.6 Å². The molecule has 106 valence electrons. The van der Waals surface area contributed by atoms with Crippen LogP contribution in [-0.2, 0) is 11.3 Å². The van der Waals surface area contributed by atoms with Crippen molar-refractivity contribution in [2.45, 2.75) is 20.4 Å². The van der Waals surface area contributed by atoms with Gasteiger partial charge >= 0.3 is 0 Å². The zero-order chi connectivity index (χ0) is 14.1. The summed E-state index contributed by atoms with van der Waals surface area (Å²) in [5.74, 6) is 0.897. The number of aryl methyl sites for hydroxylation is 1. The monoisotopic (exact) mass is 283 g/mol. The molecule has 0 saturated carbocycles. The lowest BCUT2D eigenvalue weighted by atomic mass is 10.1. The van der Waals surface area contributed by atoms with Crippen LogP contribution in [0.3, 0.4) is 0 Å². The Bertz CT molecular complexity index is 419. The fourth-order valence-electron chi connectivity index (χ4n) is 1.61. The number of halogens is 1. The molecule has 1 aromatic rings. The van der Waals surface area contributed by atoms with Gasteiger partial charge in [-0.15, -0.1) is 0 Å². The third-order valence-electron chi connectivity index (χ3n) is 2.66. The Hall–Kier alpha value is -1.03. The Morgan fingerprint density at radius 2 is 2.21 bits per heavy atom. The van der Waals surface area contributed by atoms with Gasteiger partial charge in [0, 0.05) is 31.3 Å². The fourth-order valence-corrected chi connectivity index (χ4v) is 1.67. The lowest BCUT2D eigenvalue weighted by molar-refractivity contribution is 0.199. The summed E-state index contributed by atoms with van der Waals surface area (Å²) in [5, 5.41) is 3.33. The molecule has 19 heavy (non-hydrogen) atoms. The van der Waals surface area contributed by atoms with Gasteiger partial charge in [0.15, 0.2) is 0 Å². The van der Waals surface area contributed by atoms with E-state index in [0.29, 0.717) is 13.2 Å². The van der Waals surface area contributed by atoms with E-state index in [4.69, 9.17) is 21.1 Å². The maximum atomic E-state index is 5.78. The molecule has 0 bridgehead atoms. The van der Waals surface area contributed by atoms with Gasteiger partial charge in [-0.1, -0.05) is 29.3 Å². The van der Waals surface area contributed by atoms with E-state index in [1.807, 2.05) is 19.1 Å². The minimum atomic E-state index is 0.512. The molecule has 1 N–H and O–H groups in total. The molecule has 0 unspecified atom stereocenters. The average Bonchev–Trinajstić information content (AvgIpc) is 2.42. The van der Waals surface area contributed by atoms with Crippen LogP contribution in [0.25, 0.3) is 0 Å². The number of ether oxygens (including phenoxy) is 2. The summed E-state index contributed by atoms with van der Waals surface area (Å²) in [6.45, 7) is 6.83. The van der Waals surface area contributed by atoms with Crippen molar-refractivity contribution in [3.8, 4) is 5.75 Å². The number of nitrogens with one attached hydrogen (secondary N) is 1. The Morgan fingerprint density at radius 3 is 2.89 bits per heavy atom. The van der Waals surface area contributed by atoms with Gasteiger partial charge in [0.05, 0.1) is 6.61 Å². The Kier molecular flexibility index (Phi) is 7.56. The van der Waals surface area contributed by atoms with Crippen molar-refractivity contribution in [1.82, 2.24) is 5.32 Å². The second-order valence-corrected chi connectivity index (χ2v) is 4.74. The second-order valence-electron chi connectivity index (χ2n) is 4.52. The van der Waals surface area contributed by atoms with Gasteiger partial charge in [0.1, 0.15) is 12.4 Å². The molecule has 0 saturated heterocycles. The Morgan fingerprint density at radius 1 is 1.42 bits per heavy atom. The van der Waals surface area contributed by atoms with Crippen LogP contribution in [0.15, 0.2) is 29.3 Å².